The van der Waals surface area contributed by atoms with E-state index in [-0.39, 0.29) is 43.2 Å². The molecule has 0 aliphatic carbocycles. The maximum absolute atomic E-state index is 12.2. The van der Waals surface area contributed by atoms with Crippen molar-refractivity contribution in [2.45, 2.75) is 57.0 Å². The number of carbonyl (C=O) groups excluding carboxylic acids is 2. The van der Waals surface area contributed by atoms with E-state index in [1.807, 2.05) is 6.92 Å². The number of aliphatic hydroxyl groups excluding tert-OH is 1. The number of nitrogens with zero attached hydrogens (tertiary/aromatic N) is 1. The van der Waals surface area contributed by atoms with Gasteiger partial charge in [-0.15, -0.1) is 0 Å². The molecule has 2 aliphatic heterocycles. The Kier molecular flexibility index (Phi) is 6.16. The fourth-order valence-corrected chi connectivity index (χ4v) is 3.14. The third kappa shape index (κ3) is 4.18. The molecule has 7 heteroatoms. The molecule has 22 heavy (non-hydrogen) atoms. The predicted octanol–water partition coefficient (Wildman–Crippen LogP) is -0.332. The van der Waals surface area contributed by atoms with Gasteiger partial charge in [0.05, 0.1) is 37.9 Å². The molecule has 2 fully saturated rings. The highest BCUT2D eigenvalue weighted by Gasteiger charge is 2.39. The number of aliphatic hydroxyl groups is 1. The second kappa shape index (κ2) is 7.89. The number of nitrogens with one attached hydrogen (secondary N) is 1. The van der Waals surface area contributed by atoms with Gasteiger partial charge in [0.2, 0.25) is 11.8 Å². The van der Waals surface area contributed by atoms with Crippen LogP contribution in [-0.4, -0.2) is 73.0 Å². The van der Waals surface area contributed by atoms with Gasteiger partial charge in [-0.3, -0.25) is 9.59 Å². The zero-order valence-corrected chi connectivity index (χ0v) is 13.3. The van der Waals surface area contributed by atoms with Crippen LogP contribution in [0.5, 0.6) is 0 Å². The number of amides is 2. The summed E-state index contributed by atoms with van der Waals surface area (Å²) in [5, 5.41) is 12.5. The molecule has 7 nitrogen and oxygen atoms in total. The first-order valence-corrected chi connectivity index (χ1v) is 7.96. The van der Waals surface area contributed by atoms with E-state index in [0.29, 0.717) is 19.4 Å². The maximum Gasteiger partial charge on any atom is 0.222 e. The van der Waals surface area contributed by atoms with Crippen molar-refractivity contribution in [3.63, 3.8) is 0 Å². The van der Waals surface area contributed by atoms with Crippen molar-refractivity contribution in [2.24, 2.45) is 0 Å². The smallest absolute Gasteiger partial charge is 0.222 e. The molecular formula is C15H26N2O5. The molecule has 2 N–H and O–H groups in total. The normalized spacial score (nSPS) is 32.6. The van der Waals surface area contributed by atoms with E-state index in [0.717, 1.165) is 12.8 Å². The van der Waals surface area contributed by atoms with Gasteiger partial charge in [0, 0.05) is 20.0 Å². The number of fused-ring (bicyclic) bond motifs is 1. The topological polar surface area (TPSA) is 88.1 Å². The molecule has 0 saturated carbocycles. The van der Waals surface area contributed by atoms with E-state index >= 15 is 0 Å². The summed E-state index contributed by atoms with van der Waals surface area (Å²) in [6.07, 6.45) is 1.15. The number of β-amino-alcohol motifs (C(OH)–C–C–N with tert-alkyl or cyclic N) is 1. The molecule has 2 heterocycles. The van der Waals surface area contributed by atoms with Gasteiger partial charge in [-0.05, 0) is 12.8 Å². The molecule has 0 aromatic rings. The summed E-state index contributed by atoms with van der Waals surface area (Å²) in [6.45, 7) is 2.62. The zero-order chi connectivity index (χ0) is 16.1. The lowest BCUT2D eigenvalue weighted by molar-refractivity contribution is -0.169. The van der Waals surface area contributed by atoms with Crippen LogP contribution >= 0.6 is 0 Å². The van der Waals surface area contributed by atoms with Crippen molar-refractivity contribution in [3.8, 4) is 0 Å². The molecule has 0 spiro atoms. The number of carbonyl (C=O) groups is 2. The van der Waals surface area contributed by atoms with Gasteiger partial charge < -0.3 is 24.8 Å². The number of hydrogen-bond acceptors (Lipinski definition) is 5. The van der Waals surface area contributed by atoms with Gasteiger partial charge in [0.15, 0.2) is 0 Å². The minimum Gasteiger partial charge on any atom is -0.389 e. The van der Waals surface area contributed by atoms with Crippen molar-refractivity contribution >= 4 is 11.8 Å². The second-order valence-electron chi connectivity index (χ2n) is 5.91. The summed E-state index contributed by atoms with van der Waals surface area (Å²) < 4.78 is 11.5. The van der Waals surface area contributed by atoms with Crippen LogP contribution in [0.2, 0.25) is 0 Å². The number of rotatable bonds is 3. The fraction of sp³-hybridized carbons (Fsp3) is 0.867. The van der Waals surface area contributed by atoms with Crippen LogP contribution in [-0.2, 0) is 19.1 Å². The summed E-state index contributed by atoms with van der Waals surface area (Å²) in [6, 6.07) is -0.0941. The van der Waals surface area contributed by atoms with Gasteiger partial charge in [0.25, 0.3) is 0 Å². The summed E-state index contributed by atoms with van der Waals surface area (Å²) in [7, 11) is 1.61. The third-order valence-electron chi connectivity index (χ3n) is 4.30. The Morgan fingerprint density at radius 1 is 1.32 bits per heavy atom. The minimum atomic E-state index is -0.667. The van der Waals surface area contributed by atoms with Crippen LogP contribution in [0.4, 0.5) is 0 Å². The quantitative estimate of drug-likeness (QED) is 0.745. The lowest BCUT2D eigenvalue weighted by atomic mass is 9.94. The van der Waals surface area contributed by atoms with Crippen molar-refractivity contribution in [2.75, 3.05) is 26.8 Å². The van der Waals surface area contributed by atoms with Crippen LogP contribution in [0.15, 0.2) is 0 Å². The average molecular weight is 314 g/mol. The second-order valence-corrected chi connectivity index (χ2v) is 5.91. The summed E-state index contributed by atoms with van der Waals surface area (Å²) in [5.74, 6) is -0.0311. The van der Waals surface area contributed by atoms with Crippen LogP contribution in [0.1, 0.15) is 32.6 Å². The monoisotopic (exact) mass is 314 g/mol. The molecule has 0 unspecified atom stereocenters. The molecule has 0 aromatic carbocycles. The Morgan fingerprint density at radius 3 is 2.77 bits per heavy atom. The number of hydrogen-bond donors (Lipinski definition) is 2. The van der Waals surface area contributed by atoms with Crippen molar-refractivity contribution in [3.05, 3.63) is 0 Å². The first-order chi connectivity index (χ1) is 10.5. The van der Waals surface area contributed by atoms with Crippen molar-refractivity contribution in [1.82, 2.24) is 10.2 Å². The van der Waals surface area contributed by atoms with Crippen molar-refractivity contribution in [1.29, 1.82) is 0 Å². The summed E-state index contributed by atoms with van der Waals surface area (Å²) in [5.41, 5.74) is 0. The standard InChI is InChI=1S/C15H26N2O5/c1-3-15(20)17-7-10(18)8-21-9-13-12(17)5-4-11(22-13)6-14(19)16-2/h10-13,18H,3-9H2,1-2H3,(H,16,19)/t10-,11-,12+,13-/m1/s1. The SMILES string of the molecule is CCC(=O)N1C[C@@H](O)COC[C@H]2O[C@@H](CC(=O)NC)CC[C@@H]21. The van der Waals surface area contributed by atoms with E-state index in [2.05, 4.69) is 5.32 Å². The predicted molar refractivity (Wildman–Crippen MR) is 79.2 cm³/mol. The Labute approximate surface area is 130 Å². The fourth-order valence-electron chi connectivity index (χ4n) is 3.14. The van der Waals surface area contributed by atoms with E-state index in [1.165, 1.54) is 0 Å². The van der Waals surface area contributed by atoms with Gasteiger partial charge in [-0.2, -0.15) is 0 Å². The van der Waals surface area contributed by atoms with E-state index < -0.39 is 6.10 Å². The minimum absolute atomic E-state index is 0.0179. The van der Waals surface area contributed by atoms with E-state index in [9.17, 15) is 14.7 Å². The summed E-state index contributed by atoms with van der Waals surface area (Å²) >= 11 is 0. The molecule has 2 rings (SSSR count). The zero-order valence-electron chi connectivity index (χ0n) is 13.3. The largest absolute Gasteiger partial charge is 0.389 e. The number of ether oxygens (including phenoxy) is 2. The molecule has 0 bridgehead atoms. The Balaban J connectivity index is 2.06. The third-order valence-corrected chi connectivity index (χ3v) is 4.30. The first-order valence-electron chi connectivity index (χ1n) is 7.96. The first kappa shape index (κ1) is 17.2. The van der Waals surface area contributed by atoms with Crippen LogP contribution in [0.25, 0.3) is 0 Å². The van der Waals surface area contributed by atoms with Gasteiger partial charge >= 0.3 is 0 Å². The average Bonchev–Trinajstić information content (AvgIpc) is 2.50. The molecule has 2 amide bonds. The Hall–Kier alpha value is -1.18. The molecule has 2 aliphatic rings. The summed E-state index contributed by atoms with van der Waals surface area (Å²) in [4.78, 5) is 25.4. The lowest BCUT2D eigenvalue weighted by Crippen LogP contribution is -2.57. The van der Waals surface area contributed by atoms with Crippen LogP contribution in [0, 0.1) is 0 Å². The Morgan fingerprint density at radius 2 is 2.09 bits per heavy atom. The maximum atomic E-state index is 12.2. The van der Waals surface area contributed by atoms with E-state index in [4.69, 9.17) is 9.47 Å². The lowest BCUT2D eigenvalue weighted by Gasteiger charge is -2.44. The highest BCUT2D eigenvalue weighted by Crippen LogP contribution is 2.28. The van der Waals surface area contributed by atoms with Crippen LogP contribution < -0.4 is 5.32 Å². The molecule has 0 aromatic heterocycles. The molecule has 4 atom stereocenters. The molecular weight excluding hydrogens is 288 g/mol. The molecule has 2 saturated heterocycles. The van der Waals surface area contributed by atoms with E-state index in [1.54, 1.807) is 11.9 Å². The van der Waals surface area contributed by atoms with Gasteiger partial charge in [0.1, 0.15) is 6.10 Å². The Bertz CT molecular complexity index is 403. The van der Waals surface area contributed by atoms with Gasteiger partial charge in [-0.25, -0.2) is 0 Å². The molecule has 0 radical (unpaired) electrons. The highest BCUT2D eigenvalue weighted by atomic mass is 16.5. The van der Waals surface area contributed by atoms with Crippen molar-refractivity contribution < 1.29 is 24.2 Å². The van der Waals surface area contributed by atoms with Gasteiger partial charge in [-0.1, -0.05) is 6.92 Å². The van der Waals surface area contributed by atoms with Crippen LogP contribution in [0.3, 0.4) is 0 Å². The molecule has 126 valence electrons. The highest BCUT2D eigenvalue weighted by molar-refractivity contribution is 5.76.